The van der Waals surface area contributed by atoms with Gasteiger partial charge >= 0.3 is 0 Å². The molecule has 0 saturated carbocycles. The van der Waals surface area contributed by atoms with Crippen LogP contribution in [0.15, 0.2) is 53.7 Å². The standard InChI is InChI=1S/C24H24ClNO4/c1-3-30-21-9-8-14(12-22(21)29-2)15-10-19-24(20(27)11-15)17(13-23(28)26-19)16-6-4-5-7-18(16)25/h4-9,12,15,17H,3,10-11,13H2,1-2H3,(H,26,28)/t15-,17-/m1/s1. The van der Waals surface area contributed by atoms with Crippen molar-refractivity contribution < 1.29 is 19.1 Å². The summed E-state index contributed by atoms with van der Waals surface area (Å²) in [6, 6.07) is 13.2. The predicted octanol–water partition coefficient (Wildman–Crippen LogP) is 4.75. The van der Waals surface area contributed by atoms with Crippen LogP contribution in [0.3, 0.4) is 0 Å². The molecule has 2 aliphatic rings. The summed E-state index contributed by atoms with van der Waals surface area (Å²) < 4.78 is 11.1. The number of benzene rings is 2. The molecule has 0 unspecified atom stereocenters. The van der Waals surface area contributed by atoms with E-state index >= 15 is 0 Å². The van der Waals surface area contributed by atoms with Crippen LogP contribution >= 0.6 is 11.6 Å². The molecule has 30 heavy (non-hydrogen) atoms. The first-order valence-electron chi connectivity index (χ1n) is 10.1. The van der Waals surface area contributed by atoms with Gasteiger partial charge in [-0.25, -0.2) is 0 Å². The monoisotopic (exact) mass is 425 g/mol. The summed E-state index contributed by atoms with van der Waals surface area (Å²) in [5, 5.41) is 3.53. The molecule has 5 nitrogen and oxygen atoms in total. The summed E-state index contributed by atoms with van der Waals surface area (Å²) in [5.41, 5.74) is 3.22. The lowest BCUT2D eigenvalue weighted by Gasteiger charge is -2.34. The Kier molecular flexibility index (Phi) is 5.82. The average Bonchev–Trinajstić information content (AvgIpc) is 2.73. The fourth-order valence-electron chi connectivity index (χ4n) is 4.43. The highest BCUT2D eigenvalue weighted by Crippen LogP contribution is 2.44. The number of amides is 1. The molecule has 2 aromatic rings. The highest BCUT2D eigenvalue weighted by molar-refractivity contribution is 6.31. The Hall–Kier alpha value is -2.79. The Morgan fingerprint density at radius 1 is 1.07 bits per heavy atom. The van der Waals surface area contributed by atoms with Crippen molar-refractivity contribution in [2.75, 3.05) is 13.7 Å². The number of hydrogen-bond donors (Lipinski definition) is 1. The SMILES string of the molecule is CCOc1ccc([C@H]2CC(=O)C3=C(C2)NC(=O)C[C@@H]3c2ccccc2Cl)cc1OC. The van der Waals surface area contributed by atoms with Gasteiger partial charge < -0.3 is 14.8 Å². The Morgan fingerprint density at radius 2 is 1.87 bits per heavy atom. The second-order valence-corrected chi connectivity index (χ2v) is 8.00. The highest BCUT2D eigenvalue weighted by atomic mass is 35.5. The molecule has 0 aromatic heterocycles. The fraction of sp³-hybridized carbons (Fsp3) is 0.333. The van der Waals surface area contributed by atoms with E-state index in [0.717, 1.165) is 11.1 Å². The summed E-state index contributed by atoms with van der Waals surface area (Å²) in [5.74, 6) is 0.950. The van der Waals surface area contributed by atoms with E-state index in [1.807, 2.05) is 43.3 Å². The van der Waals surface area contributed by atoms with Crippen LogP contribution in [0.4, 0.5) is 0 Å². The normalized spacial score (nSPS) is 21.2. The van der Waals surface area contributed by atoms with Gasteiger partial charge in [-0.05, 0) is 48.6 Å². The number of halogens is 1. The lowest BCUT2D eigenvalue weighted by Crippen LogP contribution is -2.38. The van der Waals surface area contributed by atoms with Crippen molar-refractivity contribution in [1.82, 2.24) is 5.32 Å². The zero-order chi connectivity index (χ0) is 21.3. The number of methoxy groups -OCH3 is 1. The summed E-state index contributed by atoms with van der Waals surface area (Å²) in [4.78, 5) is 25.7. The average molecular weight is 426 g/mol. The zero-order valence-corrected chi connectivity index (χ0v) is 17.8. The van der Waals surface area contributed by atoms with Crippen molar-refractivity contribution in [2.45, 2.75) is 38.0 Å². The van der Waals surface area contributed by atoms with E-state index in [1.54, 1.807) is 13.2 Å². The topological polar surface area (TPSA) is 64.6 Å². The van der Waals surface area contributed by atoms with Crippen molar-refractivity contribution in [3.8, 4) is 11.5 Å². The summed E-state index contributed by atoms with van der Waals surface area (Å²) in [6.07, 6.45) is 1.20. The van der Waals surface area contributed by atoms with Crippen molar-refractivity contribution in [1.29, 1.82) is 0 Å². The third-order valence-electron chi connectivity index (χ3n) is 5.78. The molecule has 1 amide bonds. The lowest BCUT2D eigenvalue weighted by atomic mass is 9.73. The summed E-state index contributed by atoms with van der Waals surface area (Å²) in [6.45, 7) is 2.46. The first-order valence-corrected chi connectivity index (χ1v) is 10.5. The Labute approximate surface area is 181 Å². The van der Waals surface area contributed by atoms with E-state index in [2.05, 4.69) is 5.32 Å². The molecule has 0 radical (unpaired) electrons. The quantitative estimate of drug-likeness (QED) is 0.750. The number of Topliss-reactive ketones (excluding diaryl/α,β-unsaturated/α-hetero) is 1. The molecule has 4 rings (SSSR count). The Balaban J connectivity index is 1.69. The summed E-state index contributed by atoms with van der Waals surface area (Å²) in [7, 11) is 1.60. The smallest absolute Gasteiger partial charge is 0.225 e. The number of ketones is 1. The Bertz CT molecular complexity index is 1030. The van der Waals surface area contributed by atoms with E-state index in [0.29, 0.717) is 47.2 Å². The van der Waals surface area contributed by atoms with Crippen LogP contribution in [0, 0.1) is 0 Å². The van der Waals surface area contributed by atoms with Gasteiger partial charge in [0.25, 0.3) is 0 Å². The number of hydrogen-bond acceptors (Lipinski definition) is 4. The molecule has 2 aromatic carbocycles. The van der Waals surface area contributed by atoms with Gasteiger partial charge in [-0.1, -0.05) is 35.9 Å². The molecule has 1 N–H and O–H groups in total. The highest BCUT2D eigenvalue weighted by Gasteiger charge is 2.38. The van der Waals surface area contributed by atoms with Crippen LogP contribution in [0.1, 0.15) is 49.1 Å². The molecule has 0 bridgehead atoms. The van der Waals surface area contributed by atoms with Crippen LogP contribution in [-0.4, -0.2) is 25.4 Å². The van der Waals surface area contributed by atoms with E-state index < -0.39 is 0 Å². The number of carbonyl (C=O) groups excluding carboxylic acids is 2. The molecule has 1 aliphatic carbocycles. The fourth-order valence-corrected chi connectivity index (χ4v) is 4.70. The molecule has 1 heterocycles. The van der Waals surface area contributed by atoms with E-state index in [9.17, 15) is 9.59 Å². The van der Waals surface area contributed by atoms with Gasteiger partial charge in [-0.2, -0.15) is 0 Å². The number of nitrogens with one attached hydrogen (secondary N) is 1. The van der Waals surface area contributed by atoms with Gasteiger partial charge in [0.15, 0.2) is 17.3 Å². The van der Waals surface area contributed by atoms with Gasteiger partial charge in [-0.3, -0.25) is 9.59 Å². The number of rotatable bonds is 5. The second kappa shape index (κ2) is 8.52. The minimum atomic E-state index is -0.300. The molecule has 1 aliphatic heterocycles. The zero-order valence-electron chi connectivity index (χ0n) is 17.0. The molecule has 156 valence electrons. The molecule has 2 atom stereocenters. The van der Waals surface area contributed by atoms with Crippen molar-refractivity contribution in [3.63, 3.8) is 0 Å². The minimum Gasteiger partial charge on any atom is -0.493 e. The molecule has 0 saturated heterocycles. The van der Waals surface area contributed by atoms with Crippen molar-refractivity contribution in [3.05, 3.63) is 69.9 Å². The number of ether oxygens (including phenoxy) is 2. The van der Waals surface area contributed by atoms with Crippen molar-refractivity contribution >= 4 is 23.3 Å². The van der Waals surface area contributed by atoms with Crippen molar-refractivity contribution in [2.24, 2.45) is 0 Å². The second-order valence-electron chi connectivity index (χ2n) is 7.59. The van der Waals surface area contributed by atoms with Crippen LogP contribution in [0.2, 0.25) is 5.02 Å². The first-order chi connectivity index (χ1) is 14.5. The van der Waals surface area contributed by atoms with E-state index in [4.69, 9.17) is 21.1 Å². The number of carbonyl (C=O) groups is 2. The van der Waals surface area contributed by atoms with Gasteiger partial charge in [-0.15, -0.1) is 0 Å². The third-order valence-corrected chi connectivity index (χ3v) is 6.12. The molecular formula is C24H24ClNO4. The predicted molar refractivity (Wildman–Crippen MR) is 115 cm³/mol. The van der Waals surface area contributed by atoms with Gasteiger partial charge in [0.2, 0.25) is 5.91 Å². The third kappa shape index (κ3) is 3.82. The first kappa shape index (κ1) is 20.5. The van der Waals surface area contributed by atoms with Gasteiger partial charge in [0.05, 0.1) is 13.7 Å². The van der Waals surface area contributed by atoms with Crippen LogP contribution in [-0.2, 0) is 9.59 Å². The largest absolute Gasteiger partial charge is 0.493 e. The van der Waals surface area contributed by atoms with E-state index in [-0.39, 0.29) is 29.9 Å². The van der Waals surface area contributed by atoms with Crippen LogP contribution < -0.4 is 14.8 Å². The van der Waals surface area contributed by atoms with Crippen LogP contribution in [0.25, 0.3) is 0 Å². The van der Waals surface area contributed by atoms with Crippen LogP contribution in [0.5, 0.6) is 11.5 Å². The maximum absolute atomic E-state index is 13.2. The Morgan fingerprint density at radius 3 is 2.60 bits per heavy atom. The maximum Gasteiger partial charge on any atom is 0.225 e. The maximum atomic E-state index is 13.2. The number of allylic oxidation sites excluding steroid dienone is 2. The molecule has 0 spiro atoms. The molecule has 6 heteroatoms. The molecule has 0 fully saturated rings. The molecular weight excluding hydrogens is 402 g/mol. The minimum absolute atomic E-state index is 0.0360. The van der Waals surface area contributed by atoms with E-state index in [1.165, 1.54) is 0 Å². The van der Waals surface area contributed by atoms with Gasteiger partial charge in [0, 0.05) is 35.1 Å². The van der Waals surface area contributed by atoms with Gasteiger partial charge in [0.1, 0.15) is 0 Å². The summed E-state index contributed by atoms with van der Waals surface area (Å²) >= 11 is 6.39. The lowest BCUT2D eigenvalue weighted by molar-refractivity contribution is -0.122.